The lowest BCUT2D eigenvalue weighted by molar-refractivity contribution is 0.204. The molecule has 0 aliphatic rings. The first-order valence-electron chi connectivity index (χ1n) is 5.88. The van der Waals surface area contributed by atoms with Gasteiger partial charge in [-0.15, -0.1) is 0 Å². The van der Waals surface area contributed by atoms with Crippen LogP contribution in [0.5, 0.6) is 0 Å². The Morgan fingerprint density at radius 2 is 2.11 bits per heavy atom. The number of amides is 2. The van der Waals surface area contributed by atoms with Gasteiger partial charge in [-0.2, -0.15) is 0 Å². The highest BCUT2D eigenvalue weighted by Gasteiger charge is 2.14. The number of carbonyl (C=O) groups excluding carboxylic acids is 1. The van der Waals surface area contributed by atoms with Crippen LogP contribution in [0.1, 0.15) is 19.4 Å². The van der Waals surface area contributed by atoms with Crippen molar-refractivity contribution in [2.75, 3.05) is 11.9 Å². The largest absolute Gasteiger partial charge is 0.396 e. The van der Waals surface area contributed by atoms with E-state index in [4.69, 9.17) is 5.11 Å². The van der Waals surface area contributed by atoms with Gasteiger partial charge in [0.1, 0.15) is 5.82 Å². The zero-order valence-corrected chi connectivity index (χ0v) is 10.8. The molecule has 5 heteroatoms. The number of anilines is 1. The van der Waals surface area contributed by atoms with Gasteiger partial charge in [0.2, 0.25) is 0 Å². The van der Waals surface area contributed by atoms with Crippen molar-refractivity contribution in [1.82, 2.24) is 5.32 Å². The molecule has 0 fully saturated rings. The lowest BCUT2D eigenvalue weighted by atomic mass is 10.1. The van der Waals surface area contributed by atoms with Crippen LogP contribution >= 0.6 is 0 Å². The third-order valence-corrected chi connectivity index (χ3v) is 2.87. The number of benzene rings is 1. The molecular weight excluding hydrogens is 235 g/mol. The first-order chi connectivity index (χ1) is 8.43. The minimum absolute atomic E-state index is 0.0136. The van der Waals surface area contributed by atoms with Crippen molar-refractivity contribution >= 4 is 11.7 Å². The molecule has 0 saturated heterocycles. The van der Waals surface area contributed by atoms with E-state index in [1.807, 2.05) is 13.8 Å². The van der Waals surface area contributed by atoms with Crippen molar-refractivity contribution in [3.05, 3.63) is 29.6 Å². The fraction of sp³-hybridized carbons (Fsp3) is 0.462. The molecule has 0 spiro atoms. The number of aryl methyl sites for hydroxylation is 1. The molecule has 2 amide bonds. The van der Waals surface area contributed by atoms with Crippen molar-refractivity contribution in [3.63, 3.8) is 0 Å². The van der Waals surface area contributed by atoms with Gasteiger partial charge in [0.15, 0.2) is 0 Å². The molecule has 0 saturated carbocycles. The molecule has 0 aliphatic heterocycles. The summed E-state index contributed by atoms with van der Waals surface area (Å²) < 4.78 is 13.4. The van der Waals surface area contributed by atoms with E-state index in [0.29, 0.717) is 0 Å². The van der Waals surface area contributed by atoms with Crippen LogP contribution in [0.25, 0.3) is 0 Å². The zero-order chi connectivity index (χ0) is 13.7. The Morgan fingerprint density at radius 3 is 2.72 bits per heavy atom. The molecule has 1 aromatic carbocycles. The Labute approximate surface area is 106 Å². The van der Waals surface area contributed by atoms with Crippen LogP contribution in [-0.4, -0.2) is 23.8 Å². The SMILES string of the molecule is Cc1ccc(F)c(NC(=O)NC(C)C(C)CO)c1. The number of urea groups is 1. The van der Waals surface area contributed by atoms with Gasteiger partial charge >= 0.3 is 6.03 Å². The van der Waals surface area contributed by atoms with E-state index in [-0.39, 0.29) is 24.3 Å². The summed E-state index contributed by atoms with van der Waals surface area (Å²) in [7, 11) is 0. The lowest BCUT2D eigenvalue weighted by Gasteiger charge is -2.19. The van der Waals surface area contributed by atoms with E-state index in [0.717, 1.165) is 5.56 Å². The summed E-state index contributed by atoms with van der Waals surface area (Å²) in [5.41, 5.74) is 1.01. The van der Waals surface area contributed by atoms with Gasteiger partial charge in [0.25, 0.3) is 0 Å². The number of carbonyl (C=O) groups is 1. The average molecular weight is 254 g/mol. The number of aliphatic hydroxyl groups is 1. The first-order valence-corrected chi connectivity index (χ1v) is 5.88. The van der Waals surface area contributed by atoms with Crippen LogP contribution in [0.15, 0.2) is 18.2 Å². The van der Waals surface area contributed by atoms with Crippen LogP contribution in [0, 0.1) is 18.7 Å². The second-order valence-corrected chi connectivity index (χ2v) is 4.53. The molecule has 0 bridgehead atoms. The summed E-state index contributed by atoms with van der Waals surface area (Å²) in [6, 6.07) is 3.84. The normalized spacial score (nSPS) is 13.8. The van der Waals surface area contributed by atoms with Crippen LogP contribution in [-0.2, 0) is 0 Å². The van der Waals surface area contributed by atoms with Crippen molar-refractivity contribution < 1.29 is 14.3 Å². The highest BCUT2D eigenvalue weighted by Crippen LogP contribution is 2.15. The van der Waals surface area contributed by atoms with Crippen LogP contribution in [0.2, 0.25) is 0 Å². The first kappa shape index (κ1) is 14.4. The topological polar surface area (TPSA) is 61.4 Å². The maximum Gasteiger partial charge on any atom is 0.319 e. The number of hydrogen-bond acceptors (Lipinski definition) is 2. The van der Waals surface area contributed by atoms with E-state index in [9.17, 15) is 9.18 Å². The zero-order valence-electron chi connectivity index (χ0n) is 10.8. The van der Waals surface area contributed by atoms with Gasteiger partial charge < -0.3 is 15.7 Å². The van der Waals surface area contributed by atoms with Crippen molar-refractivity contribution in [2.45, 2.75) is 26.8 Å². The molecule has 1 rings (SSSR count). The van der Waals surface area contributed by atoms with E-state index in [1.165, 1.54) is 6.07 Å². The van der Waals surface area contributed by atoms with E-state index < -0.39 is 11.8 Å². The number of rotatable bonds is 4. The highest BCUT2D eigenvalue weighted by atomic mass is 19.1. The Hall–Kier alpha value is -1.62. The van der Waals surface area contributed by atoms with Gasteiger partial charge in [-0.25, -0.2) is 9.18 Å². The van der Waals surface area contributed by atoms with Crippen molar-refractivity contribution in [2.24, 2.45) is 5.92 Å². The molecule has 4 nitrogen and oxygen atoms in total. The third-order valence-electron chi connectivity index (χ3n) is 2.87. The maximum absolute atomic E-state index is 13.4. The predicted octanol–water partition coefficient (Wildman–Crippen LogP) is 2.27. The van der Waals surface area contributed by atoms with Gasteiger partial charge in [0.05, 0.1) is 5.69 Å². The molecule has 0 aromatic heterocycles. The Morgan fingerprint density at radius 1 is 1.44 bits per heavy atom. The quantitative estimate of drug-likeness (QED) is 0.772. The van der Waals surface area contributed by atoms with Crippen LogP contribution < -0.4 is 10.6 Å². The van der Waals surface area contributed by atoms with E-state index >= 15 is 0 Å². The van der Waals surface area contributed by atoms with Crippen LogP contribution in [0.4, 0.5) is 14.9 Å². The molecule has 2 unspecified atom stereocenters. The third kappa shape index (κ3) is 4.00. The second-order valence-electron chi connectivity index (χ2n) is 4.53. The van der Waals surface area contributed by atoms with Gasteiger partial charge in [-0.05, 0) is 37.5 Å². The van der Waals surface area contributed by atoms with Crippen molar-refractivity contribution in [3.8, 4) is 0 Å². The number of hydrogen-bond donors (Lipinski definition) is 3. The molecule has 1 aromatic rings. The summed E-state index contributed by atoms with van der Waals surface area (Å²) in [5, 5.41) is 14.1. The molecule has 0 aliphatic carbocycles. The fourth-order valence-corrected chi connectivity index (χ4v) is 1.40. The summed E-state index contributed by atoms with van der Waals surface area (Å²) in [5.74, 6) is -0.531. The molecule has 3 N–H and O–H groups in total. The van der Waals surface area contributed by atoms with E-state index in [1.54, 1.807) is 19.1 Å². The van der Waals surface area contributed by atoms with E-state index in [2.05, 4.69) is 10.6 Å². The fourth-order valence-electron chi connectivity index (χ4n) is 1.40. The monoisotopic (exact) mass is 254 g/mol. The van der Waals surface area contributed by atoms with Gasteiger partial charge in [-0.3, -0.25) is 0 Å². The van der Waals surface area contributed by atoms with Gasteiger partial charge in [-0.1, -0.05) is 13.0 Å². The Kier molecular flexibility index (Phi) is 5.09. The molecule has 0 radical (unpaired) electrons. The summed E-state index contributed by atoms with van der Waals surface area (Å²) in [6.07, 6.45) is 0. The minimum Gasteiger partial charge on any atom is -0.396 e. The smallest absolute Gasteiger partial charge is 0.319 e. The molecule has 2 atom stereocenters. The molecule has 100 valence electrons. The molecule has 18 heavy (non-hydrogen) atoms. The lowest BCUT2D eigenvalue weighted by Crippen LogP contribution is -2.40. The molecule has 0 heterocycles. The highest BCUT2D eigenvalue weighted by molar-refractivity contribution is 5.89. The Balaban J connectivity index is 2.62. The number of halogens is 1. The summed E-state index contributed by atoms with van der Waals surface area (Å²) in [6.45, 7) is 5.41. The minimum atomic E-state index is -0.479. The van der Waals surface area contributed by atoms with Crippen molar-refractivity contribution in [1.29, 1.82) is 0 Å². The standard InChI is InChI=1S/C13H19FN2O2/c1-8-4-5-11(14)12(6-8)16-13(18)15-10(3)9(2)7-17/h4-6,9-10,17H,7H2,1-3H3,(H2,15,16,18). The summed E-state index contributed by atoms with van der Waals surface area (Å²) >= 11 is 0. The molecular formula is C13H19FN2O2. The Bertz CT molecular complexity index is 423. The van der Waals surface area contributed by atoms with Crippen LogP contribution in [0.3, 0.4) is 0 Å². The second kappa shape index (κ2) is 6.35. The predicted molar refractivity (Wildman–Crippen MR) is 69.0 cm³/mol. The maximum atomic E-state index is 13.4. The van der Waals surface area contributed by atoms with Gasteiger partial charge in [0, 0.05) is 12.6 Å². The average Bonchev–Trinajstić information content (AvgIpc) is 2.32. The number of nitrogens with one attached hydrogen (secondary N) is 2. The summed E-state index contributed by atoms with van der Waals surface area (Å²) in [4.78, 5) is 11.6. The number of aliphatic hydroxyl groups excluding tert-OH is 1.